The van der Waals surface area contributed by atoms with Gasteiger partial charge >= 0.3 is 0 Å². The van der Waals surface area contributed by atoms with E-state index in [1.807, 2.05) is 17.7 Å². The molecule has 1 aliphatic rings. The van der Waals surface area contributed by atoms with Gasteiger partial charge in [-0.15, -0.1) is 0 Å². The van der Waals surface area contributed by atoms with Crippen molar-refractivity contribution in [3.05, 3.63) is 35.5 Å². The quantitative estimate of drug-likeness (QED) is 0.873. The summed E-state index contributed by atoms with van der Waals surface area (Å²) < 4.78 is 1.96. The van der Waals surface area contributed by atoms with E-state index < -0.39 is 0 Å². The van der Waals surface area contributed by atoms with Gasteiger partial charge in [0.05, 0.1) is 12.1 Å². The average Bonchev–Trinajstić information content (AvgIpc) is 2.79. The highest BCUT2D eigenvalue weighted by atomic mass is 15.4. The summed E-state index contributed by atoms with van der Waals surface area (Å²) in [7, 11) is 0. The highest BCUT2D eigenvalue weighted by Gasteiger charge is 2.20. The van der Waals surface area contributed by atoms with Crippen molar-refractivity contribution in [2.45, 2.75) is 32.4 Å². The average molecular weight is 254 g/mol. The number of nitrogens with one attached hydrogen (secondary N) is 1. The van der Waals surface area contributed by atoms with E-state index in [-0.39, 0.29) is 0 Å². The molecule has 2 aromatic rings. The number of aromatic nitrogens is 4. The van der Waals surface area contributed by atoms with Crippen LogP contribution in [0.15, 0.2) is 18.3 Å². The van der Waals surface area contributed by atoms with Crippen LogP contribution in [-0.4, -0.2) is 25.8 Å². The van der Waals surface area contributed by atoms with Crippen molar-refractivity contribution in [3.63, 3.8) is 0 Å². The minimum absolute atomic E-state index is 0.300. The number of rotatable bonds is 2. The third-order valence-electron chi connectivity index (χ3n) is 3.21. The van der Waals surface area contributed by atoms with Crippen LogP contribution < -0.4 is 5.32 Å². The van der Waals surface area contributed by atoms with Crippen molar-refractivity contribution in [2.75, 3.05) is 5.32 Å². The minimum Gasteiger partial charge on any atom is -0.365 e. The zero-order valence-electron chi connectivity index (χ0n) is 10.7. The van der Waals surface area contributed by atoms with E-state index in [0.29, 0.717) is 11.6 Å². The zero-order chi connectivity index (χ0) is 13.2. The number of aryl methyl sites for hydroxylation is 2. The van der Waals surface area contributed by atoms with E-state index in [1.54, 1.807) is 12.3 Å². The molecule has 0 saturated heterocycles. The molecule has 0 saturated carbocycles. The van der Waals surface area contributed by atoms with Gasteiger partial charge in [-0.1, -0.05) is 0 Å². The Labute approximate surface area is 111 Å². The lowest BCUT2D eigenvalue weighted by molar-refractivity contribution is 0.440. The van der Waals surface area contributed by atoms with Gasteiger partial charge < -0.3 is 5.32 Å². The van der Waals surface area contributed by atoms with Gasteiger partial charge in [-0.2, -0.15) is 10.4 Å². The van der Waals surface area contributed by atoms with Crippen molar-refractivity contribution in [1.82, 2.24) is 19.7 Å². The molecule has 1 aliphatic heterocycles. The van der Waals surface area contributed by atoms with Gasteiger partial charge in [0.15, 0.2) is 0 Å². The highest BCUT2D eigenvalue weighted by Crippen LogP contribution is 2.16. The summed E-state index contributed by atoms with van der Waals surface area (Å²) in [5.41, 5.74) is 0.573. The first-order valence-electron chi connectivity index (χ1n) is 6.27. The Bertz CT molecular complexity index is 622. The van der Waals surface area contributed by atoms with Gasteiger partial charge in [-0.05, 0) is 25.5 Å². The molecule has 6 heteroatoms. The molecule has 0 aromatic carbocycles. The van der Waals surface area contributed by atoms with Crippen LogP contribution in [-0.2, 0) is 13.0 Å². The Balaban J connectivity index is 1.70. The fraction of sp³-hybridized carbons (Fsp3) is 0.385. The molecule has 0 fully saturated rings. The molecule has 2 aromatic heterocycles. The molecule has 0 amide bonds. The summed E-state index contributed by atoms with van der Waals surface area (Å²) in [6, 6.07) is 5.96. The smallest absolute Gasteiger partial charge is 0.147 e. The summed E-state index contributed by atoms with van der Waals surface area (Å²) in [6.45, 7) is 2.72. The van der Waals surface area contributed by atoms with E-state index in [2.05, 4.69) is 26.5 Å². The lowest BCUT2D eigenvalue weighted by atomic mass is 10.1. The maximum absolute atomic E-state index is 8.73. The van der Waals surface area contributed by atoms with Crippen molar-refractivity contribution >= 4 is 5.82 Å². The molecular weight excluding hydrogens is 240 g/mol. The number of hydrogen-bond donors (Lipinski definition) is 1. The molecule has 3 rings (SSSR count). The van der Waals surface area contributed by atoms with E-state index in [4.69, 9.17) is 5.26 Å². The van der Waals surface area contributed by atoms with Gasteiger partial charge in [0, 0.05) is 18.7 Å². The summed E-state index contributed by atoms with van der Waals surface area (Å²) in [5, 5.41) is 16.5. The van der Waals surface area contributed by atoms with Crippen molar-refractivity contribution in [1.29, 1.82) is 5.26 Å². The Morgan fingerprint density at radius 2 is 2.37 bits per heavy atom. The third-order valence-corrected chi connectivity index (χ3v) is 3.21. The molecule has 0 unspecified atom stereocenters. The molecule has 1 N–H and O–H groups in total. The van der Waals surface area contributed by atoms with Gasteiger partial charge in [0.2, 0.25) is 0 Å². The van der Waals surface area contributed by atoms with Gasteiger partial charge in [-0.25, -0.2) is 14.6 Å². The van der Waals surface area contributed by atoms with Crippen LogP contribution in [0.1, 0.15) is 23.6 Å². The number of pyridine rings is 1. The normalized spacial score (nSPS) is 17.6. The first kappa shape index (κ1) is 11.7. The fourth-order valence-corrected chi connectivity index (χ4v) is 2.31. The summed E-state index contributed by atoms with van der Waals surface area (Å²) in [4.78, 5) is 8.61. The molecule has 19 heavy (non-hydrogen) atoms. The number of fused-ring (bicyclic) bond motifs is 1. The minimum atomic E-state index is 0.300. The molecule has 3 heterocycles. The summed E-state index contributed by atoms with van der Waals surface area (Å²) in [6.07, 6.45) is 3.52. The van der Waals surface area contributed by atoms with Gasteiger partial charge in [0.1, 0.15) is 23.5 Å². The lowest BCUT2D eigenvalue weighted by Gasteiger charge is -2.23. The second-order valence-electron chi connectivity index (χ2n) is 4.68. The molecule has 96 valence electrons. The topological polar surface area (TPSA) is 79.4 Å². The van der Waals surface area contributed by atoms with Crippen LogP contribution in [0.3, 0.4) is 0 Å². The van der Waals surface area contributed by atoms with Crippen molar-refractivity contribution in [3.8, 4) is 6.07 Å². The maximum atomic E-state index is 8.73. The van der Waals surface area contributed by atoms with E-state index in [9.17, 15) is 0 Å². The number of nitrogens with zero attached hydrogens (tertiary/aromatic N) is 5. The van der Waals surface area contributed by atoms with Crippen molar-refractivity contribution < 1.29 is 0 Å². The summed E-state index contributed by atoms with van der Waals surface area (Å²) >= 11 is 0. The Kier molecular flexibility index (Phi) is 2.88. The Morgan fingerprint density at radius 3 is 3.11 bits per heavy atom. The van der Waals surface area contributed by atoms with Crippen molar-refractivity contribution in [2.24, 2.45) is 0 Å². The third kappa shape index (κ3) is 2.40. The Morgan fingerprint density at radius 1 is 1.47 bits per heavy atom. The molecule has 0 aliphatic carbocycles. The largest absolute Gasteiger partial charge is 0.365 e. The maximum Gasteiger partial charge on any atom is 0.147 e. The van der Waals surface area contributed by atoms with E-state index in [0.717, 1.165) is 36.9 Å². The number of anilines is 1. The van der Waals surface area contributed by atoms with E-state index >= 15 is 0 Å². The van der Waals surface area contributed by atoms with Crippen LogP contribution in [0, 0.1) is 18.3 Å². The predicted octanol–water partition coefficient (Wildman–Crippen LogP) is 1.28. The SMILES string of the molecule is Cc1nc2n(n1)C[C@H](Nc1ccc(C#N)cn1)CC2. The molecule has 0 spiro atoms. The summed E-state index contributed by atoms with van der Waals surface area (Å²) in [5.74, 6) is 2.68. The van der Waals surface area contributed by atoms with Gasteiger partial charge in [0.25, 0.3) is 0 Å². The lowest BCUT2D eigenvalue weighted by Crippen LogP contribution is -2.32. The standard InChI is InChI=1S/C13H14N6/c1-9-16-13-5-3-11(8-19(13)18-9)17-12-4-2-10(6-14)7-15-12/h2,4,7,11H,3,5,8H2,1H3,(H,15,17)/t11-/m1/s1. The van der Waals surface area contributed by atoms with Crippen LogP contribution in [0.5, 0.6) is 0 Å². The predicted molar refractivity (Wildman–Crippen MR) is 69.4 cm³/mol. The second-order valence-corrected chi connectivity index (χ2v) is 4.68. The first-order valence-corrected chi connectivity index (χ1v) is 6.27. The zero-order valence-corrected chi connectivity index (χ0v) is 10.7. The first-order chi connectivity index (χ1) is 9.24. The highest BCUT2D eigenvalue weighted by molar-refractivity contribution is 5.39. The van der Waals surface area contributed by atoms with E-state index in [1.165, 1.54) is 0 Å². The number of hydrogen-bond acceptors (Lipinski definition) is 5. The molecule has 1 atom stereocenters. The molecule has 0 bridgehead atoms. The fourth-order valence-electron chi connectivity index (χ4n) is 2.31. The van der Waals surface area contributed by atoms with Gasteiger partial charge in [-0.3, -0.25) is 0 Å². The Hall–Kier alpha value is -2.42. The number of nitriles is 1. The van der Waals surface area contributed by atoms with Crippen LogP contribution in [0.4, 0.5) is 5.82 Å². The van der Waals surface area contributed by atoms with Crippen LogP contribution >= 0.6 is 0 Å². The molecule has 0 radical (unpaired) electrons. The second kappa shape index (κ2) is 4.69. The molecular formula is C13H14N6. The van der Waals surface area contributed by atoms with Crippen LogP contribution in [0.25, 0.3) is 0 Å². The van der Waals surface area contributed by atoms with Crippen LogP contribution in [0.2, 0.25) is 0 Å². The molecule has 6 nitrogen and oxygen atoms in total. The monoisotopic (exact) mass is 254 g/mol.